The third-order valence-electron chi connectivity index (χ3n) is 4.77. The summed E-state index contributed by atoms with van der Waals surface area (Å²) in [6.07, 6.45) is 3.42. The molecule has 1 fully saturated rings. The molecule has 1 aromatic heterocycles. The third-order valence-corrected chi connectivity index (χ3v) is 4.77. The number of aryl methyl sites for hydroxylation is 1. The molecule has 2 heterocycles. The van der Waals surface area contributed by atoms with Gasteiger partial charge in [0.05, 0.1) is 6.04 Å². The van der Waals surface area contributed by atoms with E-state index >= 15 is 0 Å². The van der Waals surface area contributed by atoms with Crippen LogP contribution < -0.4 is 4.90 Å². The number of aromatic nitrogens is 1. The van der Waals surface area contributed by atoms with Crippen molar-refractivity contribution in [3.05, 3.63) is 53.7 Å². The minimum Gasteiger partial charge on any atom is -0.348 e. The molecule has 1 aliphatic heterocycles. The van der Waals surface area contributed by atoms with E-state index in [9.17, 15) is 0 Å². The molecular formula is C16H18N2. The maximum absolute atomic E-state index is 2.60. The summed E-state index contributed by atoms with van der Waals surface area (Å²) in [5.74, 6) is 2.06. The summed E-state index contributed by atoms with van der Waals surface area (Å²) in [7, 11) is 2.14. The Bertz CT molecular complexity index is 599. The molecule has 18 heavy (non-hydrogen) atoms. The Balaban J connectivity index is 1.84. The lowest BCUT2D eigenvalue weighted by atomic mass is 9.93. The molecule has 2 aliphatic rings. The number of rotatable bonds is 1. The van der Waals surface area contributed by atoms with Crippen molar-refractivity contribution in [3.8, 4) is 0 Å². The highest BCUT2D eigenvalue weighted by Crippen LogP contribution is 2.54. The van der Waals surface area contributed by atoms with Gasteiger partial charge in [0.1, 0.15) is 5.82 Å². The van der Waals surface area contributed by atoms with Crippen LogP contribution in [0.4, 0.5) is 5.82 Å². The summed E-state index contributed by atoms with van der Waals surface area (Å²) in [4.78, 5) is 2.60. The largest absolute Gasteiger partial charge is 0.348 e. The first-order chi connectivity index (χ1) is 8.77. The van der Waals surface area contributed by atoms with E-state index in [4.69, 9.17) is 0 Å². The molecule has 3 atom stereocenters. The quantitative estimate of drug-likeness (QED) is 0.738. The van der Waals surface area contributed by atoms with Crippen LogP contribution in [-0.2, 0) is 7.05 Å². The fraction of sp³-hybridized carbons (Fsp3) is 0.375. The number of hydrogen-bond acceptors (Lipinski definition) is 1. The van der Waals surface area contributed by atoms with Crippen LogP contribution in [0, 0.1) is 0 Å². The first-order valence-electron chi connectivity index (χ1n) is 6.76. The monoisotopic (exact) mass is 238 g/mol. The van der Waals surface area contributed by atoms with Gasteiger partial charge in [-0.15, -0.1) is 0 Å². The second kappa shape index (κ2) is 3.41. The first kappa shape index (κ1) is 10.2. The van der Waals surface area contributed by atoms with Crippen molar-refractivity contribution in [2.24, 2.45) is 7.05 Å². The van der Waals surface area contributed by atoms with Gasteiger partial charge < -0.3 is 9.47 Å². The van der Waals surface area contributed by atoms with Crippen molar-refractivity contribution in [3.63, 3.8) is 0 Å². The van der Waals surface area contributed by atoms with E-state index in [1.807, 2.05) is 0 Å². The SMILES string of the molecule is C[C@H]1C2CC(c3ccccc32)N1c1cccn1C. The highest BCUT2D eigenvalue weighted by Gasteiger charge is 2.47. The van der Waals surface area contributed by atoms with Crippen molar-refractivity contribution >= 4 is 5.82 Å². The average Bonchev–Trinajstić information content (AvgIpc) is 3.03. The Morgan fingerprint density at radius 2 is 1.83 bits per heavy atom. The van der Waals surface area contributed by atoms with Gasteiger partial charge in [-0.2, -0.15) is 0 Å². The van der Waals surface area contributed by atoms with E-state index in [0.29, 0.717) is 18.0 Å². The number of nitrogens with zero attached hydrogens (tertiary/aromatic N) is 2. The zero-order valence-corrected chi connectivity index (χ0v) is 10.9. The molecule has 0 radical (unpaired) electrons. The minimum absolute atomic E-state index is 0.579. The van der Waals surface area contributed by atoms with Crippen LogP contribution in [0.1, 0.15) is 36.4 Å². The van der Waals surface area contributed by atoms with Crippen LogP contribution in [0.5, 0.6) is 0 Å². The zero-order chi connectivity index (χ0) is 12.3. The molecular weight excluding hydrogens is 220 g/mol. The molecule has 1 aliphatic carbocycles. The van der Waals surface area contributed by atoms with E-state index in [2.05, 4.69) is 66.0 Å². The maximum atomic E-state index is 2.60. The lowest BCUT2D eigenvalue weighted by Crippen LogP contribution is -2.36. The molecule has 1 aromatic carbocycles. The molecule has 0 spiro atoms. The Labute approximate surface area is 108 Å². The lowest BCUT2D eigenvalue weighted by Gasteiger charge is -2.36. The van der Waals surface area contributed by atoms with Crippen LogP contribution in [0.25, 0.3) is 0 Å². The predicted molar refractivity (Wildman–Crippen MR) is 73.9 cm³/mol. The van der Waals surface area contributed by atoms with E-state index < -0.39 is 0 Å². The Kier molecular flexibility index (Phi) is 1.94. The summed E-state index contributed by atoms with van der Waals surface area (Å²) < 4.78 is 2.24. The molecule has 2 nitrogen and oxygen atoms in total. The van der Waals surface area contributed by atoms with Gasteiger partial charge in [0, 0.05) is 25.2 Å². The van der Waals surface area contributed by atoms with E-state index in [1.54, 1.807) is 11.1 Å². The molecule has 2 heteroatoms. The maximum Gasteiger partial charge on any atom is 0.108 e. The van der Waals surface area contributed by atoms with Crippen LogP contribution in [0.2, 0.25) is 0 Å². The van der Waals surface area contributed by atoms with Crippen LogP contribution in [0.3, 0.4) is 0 Å². The Morgan fingerprint density at radius 1 is 1.06 bits per heavy atom. The van der Waals surface area contributed by atoms with Crippen LogP contribution in [0.15, 0.2) is 42.6 Å². The van der Waals surface area contributed by atoms with E-state index in [1.165, 1.54) is 12.2 Å². The zero-order valence-electron chi connectivity index (χ0n) is 10.9. The minimum atomic E-state index is 0.579. The van der Waals surface area contributed by atoms with Gasteiger partial charge in [-0.05, 0) is 36.6 Å². The standard InChI is InChI=1S/C16H18N2/c1-11-14-10-15(13-7-4-3-6-12(13)14)18(11)16-8-5-9-17(16)2/h3-9,11,14-15H,10H2,1-2H3/t11-,14?,15?/m0/s1. The van der Waals surface area contributed by atoms with Crippen molar-refractivity contribution in [2.75, 3.05) is 4.90 Å². The van der Waals surface area contributed by atoms with Crippen molar-refractivity contribution in [2.45, 2.75) is 31.3 Å². The van der Waals surface area contributed by atoms with Crippen molar-refractivity contribution in [1.29, 1.82) is 0 Å². The number of benzene rings is 1. The first-order valence-corrected chi connectivity index (χ1v) is 6.76. The molecule has 0 amide bonds. The summed E-state index contributed by atoms with van der Waals surface area (Å²) >= 11 is 0. The fourth-order valence-corrected chi connectivity index (χ4v) is 3.93. The Morgan fingerprint density at radius 3 is 2.56 bits per heavy atom. The summed E-state index contributed by atoms with van der Waals surface area (Å²) in [5, 5.41) is 0. The van der Waals surface area contributed by atoms with E-state index in [-0.39, 0.29) is 0 Å². The molecule has 2 bridgehead atoms. The van der Waals surface area contributed by atoms with E-state index in [0.717, 1.165) is 0 Å². The average molecular weight is 238 g/mol. The number of fused-ring (bicyclic) bond motifs is 5. The number of anilines is 1. The summed E-state index contributed by atoms with van der Waals surface area (Å²) in [5.41, 5.74) is 3.13. The van der Waals surface area contributed by atoms with Gasteiger partial charge in [0.2, 0.25) is 0 Å². The van der Waals surface area contributed by atoms with Crippen LogP contribution >= 0.6 is 0 Å². The smallest absolute Gasteiger partial charge is 0.108 e. The number of hydrogen-bond donors (Lipinski definition) is 0. The summed E-state index contributed by atoms with van der Waals surface area (Å²) in [6.45, 7) is 2.37. The van der Waals surface area contributed by atoms with Gasteiger partial charge in [-0.1, -0.05) is 24.3 Å². The molecule has 4 rings (SSSR count). The molecule has 1 saturated heterocycles. The third kappa shape index (κ3) is 1.13. The van der Waals surface area contributed by atoms with Crippen LogP contribution in [-0.4, -0.2) is 10.6 Å². The van der Waals surface area contributed by atoms with Crippen molar-refractivity contribution in [1.82, 2.24) is 4.57 Å². The molecule has 92 valence electrons. The van der Waals surface area contributed by atoms with Crippen molar-refractivity contribution < 1.29 is 0 Å². The fourth-order valence-electron chi connectivity index (χ4n) is 3.93. The molecule has 0 N–H and O–H groups in total. The van der Waals surface area contributed by atoms with Gasteiger partial charge in [0.25, 0.3) is 0 Å². The van der Waals surface area contributed by atoms with Gasteiger partial charge >= 0.3 is 0 Å². The molecule has 2 unspecified atom stereocenters. The molecule has 0 saturated carbocycles. The second-order valence-corrected chi connectivity index (χ2v) is 5.61. The highest BCUT2D eigenvalue weighted by molar-refractivity contribution is 5.55. The molecule has 2 aromatic rings. The second-order valence-electron chi connectivity index (χ2n) is 5.61. The highest BCUT2D eigenvalue weighted by atomic mass is 15.3. The Hall–Kier alpha value is -1.70. The van der Waals surface area contributed by atoms with Gasteiger partial charge in [-0.3, -0.25) is 0 Å². The van der Waals surface area contributed by atoms with Gasteiger partial charge in [0.15, 0.2) is 0 Å². The van der Waals surface area contributed by atoms with Gasteiger partial charge in [-0.25, -0.2) is 0 Å². The summed E-state index contributed by atoms with van der Waals surface area (Å²) in [6, 6.07) is 14.5. The predicted octanol–water partition coefficient (Wildman–Crippen LogP) is 3.46. The topological polar surface area (TPSA) is 8.17 Å². The lowest BCUT2D eigenvalue weighted by molar-refractivity contribution is 0.600. The normalized spacial score (nSPS) is 28.8.